The summed E-state index contributed by atoms with van der Waals surface area (Å²) in [5.74, 6) is -0.427. The summed E-state index contributed by atoms with van der Waals surface area (Å²) in [6.45, 7) is 3.83. The van der Waals surface area contributed by atoms with E-state index in [1.165, 1.54) is 12.1 Å². The number of aryl methyl sites for hydroxylation is 2. The van der Waals surface area contributed by atoms with Gasteiger partial charge >= 0.3 is 0 Å². The molecule has 0 spiro atoms. The van der Waals surface area contributed by atoms with E-state index in [1.807, 2.05) is 13.8 Å². The van der Waals surface area contributed by atoms with Gasteiger partial charge in [0.1, 0.15) is 11.4 Å². The van der Waals surface area contributed by atoms with Gasteiger partial charge < -0.3 is 5.11 Å². The van der Waals surface area contributed by atoms with Gasteiger partial charge in [-0.05, 0) is 25.0 Å². The average molecular weight is 312 g/mol. The Kier molecular flexibility index (Phi) is 4.64. The lowest BCUT2D eigenvalue weighted by atomic mass is 9.90. The maximum absolute atomic E-state index is 13.0. The molecule has 2 aromatic heterocycles. The van der Waals surface area contributed by atoms with Crippen LogP contribution in [0.25, 0.3) is 0 Å². The minimum Gasteiger partial charge on any atom is -0.383 e. The van der Waals surface area contributed by atoms with Crippen LogP contribution in [0.4, 0.5) is 4.39 Å². The molecule has 4 nitrogen and oxygen atoms in total. The fraction of sp³-hybridized carbons (Fsp3) is 0.467. The molecule has 2 aromatic rings. The molecule has 1 atom stereocenters. The number of hydrogen-bond donors (Lipinski definition) is 1. The molecule has 0 saturated carbocycles. The van der Waals surface area contributed by atoms with Crippen molar-refractivity contribution < 1.29 is 9.50 Å². The Morgan fingerprint density at radius 3 is 2.57 bits per heavy atom. The molecule has 0 fully saturated rings. The molecule has 21 heavy (non-hydrogen) atoms. The van der Waals surface area contributed by atoms with Gasteiger partial charge in [-0.25, -0.2) is 4.39 Å². The second-order valence-corrected chi connectivity index (χ2v) is 5.49. The molecule has 0 aliphatic heterocycles. The molecule has 0 aromatic carbocycles. The van der Waals surface area contributed by atoms with Gasteiger partial charge in [-0.1, -0.05) is 25.4 Å². The predicted octanol–water partition coefficient (Wildman–Crippen LogP) is 3.01. The summed E-state index contributed by atoms with van der Waals surface area (Å²) in [6.07, 6.45) is 2.56. The molecule has 1 N–H and O–H groups in total. The summed E-state index contributed by atoms with van der Waals surface area (Å²) in [7, 11) is 1.80. The van der Waals surface area contributed by atoms with Crippen LogP contribution in [0, 0.1) is 5.82 Å². The first-order valence-electron chi connectivity index (χ1n) is 6.96. The van der Waals surface area contributed by atoms with Crippen LogP contribution < -0.4 is 0 Å². The Bertz CT molecular complexity index is 627. The van der Waals surface area contributed by atoms with Crippen molar-refractivity contribution >= 4 is 11.6 Å². The van der Waals surface area contributed by atoms with E-state index in [9.17, 15) is 9.50 Å². The largest absolute Gasteiger partial charge is 0.383 e. The van der Waals surface area contributed by atoms with Crippen LogP contribution in [0.1, 0.15) is 37.4 Å². The topological polar surface area (TPSA) is 50.9 Å². The Hall–Kier alpha value is -1.46. The highest BCUT2D eigenvalue weighted by Crippen LogP contribution is 2.31. The van der Waals surface area contributed by atoms with Crippen LogP contribution in [0.3, 0.4) is 0 Å². The molecule has 0 aliphatic rings. The zero-order valence-corrected chi connectivity index (χ0v) is 13.2. The summed E-state index contributed by atoms with van der Waals surface area (Å²) in [6, 6.07) is 2.80. The Morgan fingerprint density at radius 1 is 1.38 bits per heavy atom. The quantitative estimate of drug-likeness (QED) is 0.923. The third-order valence-corrected chi connectivity index (χ3v) is 4.19. The molecule has 0 bridgehead atoms. The van der Waals surface area contributed by atoms with Gasteiger partial charge in [-0.2, -0.15) is 5.10 Å². The highest BCUT2D eigenvalue weighted by molar-refractivity contribution is 6.31. The Balaban J connectivity index is 2.38. The first-order valence-corrected chi connectivity index (χ1v) is 7.33. The van der Waals surface area contributed by atoms with Gasteiger partial charge in [0.15, 0.2) is 0 Å². The first-order chi connectivity index (χ1) is 9.91. The SMILES string of the molecule is CCc1nn(C)c(CC(O)(CC)c2ccc(F)cn2)c1Cl. The second-order valence-electron chi connectivity index (χ2n) is 5.11. The maximum Gasteiger partial charge on any atom is 0.141 e. The minimum absolute atomic E-state index is 0.282. The molecular weight excluding hydrogens is 293 g/mol. The van der Waals surface area contributed by atoms with Crippen molar-refractivity contribution in [2.24, 2.45) is 7.05 Å². The fourth-order valence-corrected chi connectivity index (χ4v) is 2.70. The van der Waals surface area contributed by atoms with Crippen molar-refractivity contribution in [3.8, 4) is 0 Å². The molecule has 0 radical (unpaired) electrons. The fourth-order valence-electron chi connectivity index (χ4n) is 2.34. The summed E-state index contributed by atoms with van der Waals surface area (Å²) in [5.41, 5.74) is 0.793. The summed E-state index contributed by atoms with van der Waals surface area (Å²) >= 11 is 6.33. The van der Waals surface area contributed by atoms with E-state index in [4.69, 9.17) is 11.6 Å². The van der Waals surface area contributed by atoms with Gasteiger partial charge in [0.25, 0.3) is 0 Å². The van der Waals surface area contributed by atoms with E-state index in [0.29, 0.717) is 17.1 Å². The molecule has 0 aliphatic carbocycles. The van der Waals surface area contributed by atoms with E-state index < -0.39 is 11.4 Å². The normalized spacial score (nSPS) is 14.2. The molecule has 0 saturated heterocycles. The van der Waals surface area contributed by atoms with Gasteiger partial charge in [0, 0.05) is 13.5 Å². The van der Waals surface area contributed by atoms with Crippen molar-refractivity contribution in [3.63, 3.8) is 0 Å². The van der Waals surface area contributed by atoms with Gasteiger partial charge in [0.2, 0.25) is 0 Å². The molecule has 114 valence electrons. The van der Waals surface area contributed by atoms with Gasteiger partial charge in [-0.3, -0.25) is 9.67 Å². The molecule has 2 rings (SSSR count). The Morgan fingerprint density at radius 2 is 2.10 bits per heavy atom. The van der Waals surface area contributed by atoms with Crippen molar-refractivity contribution in [1.29, 1.82) is 0 Å². The van der Waals surface area contributed by atoms with E-state index >= 15 is 0 Å². The van der Waals surface area contributed by atoms with E-state index in [0.717, 1.165) is 24.0 Å². The maximum atomic E-state index is 13.0. The third-order valence-electron chi connectivity index (χ3n) is 3.75. The number of hydrogen-bond acceptors (Lipinski definition) is 3. The number of aromatic nitrogens is 3. The summed E-state index contributed by atoms with van der Waals surface area (Å²) in [4.78, 5) is 4.01. The van der Waals surface area contributed by atoms with E-state index in [-0.39, 0.29) is 6.42 Å². The van der Waals surface area contributed by atoms with Crippen LogP contribution in [-0.2, 0) is 25.5 Å². The monoisotopic (exact) mass is 311 g/mol. The molecule has 0 amide bonds. The lowest BCUT2D eigenvalue weighted by Crippen LogP contribution is -2.30. The minimum atomic E-state index is -1.20. The van der Waals surface area contributed by atoms with Crippen molar-refractivity contribution in [2.45, 2.75) is 38.7 Å². The van der Waals surface area contributed by atoms with Crippen molar-refractivity contribution in [3.05, 3.63) is 46.3 Å². The van der Waals surface area contributed by atoms with Gasteiger partial charge in [0.05, 0.1) is 28.3 Å². The third kappa shape index (κ3) is 3.09. The van der Waals surface area contributed by atoms with Crippen LogP contribution >= 0.6 is 11.6 Å². The second kappa shape index (κ2) is 6.12. The summed E-state index contributed by atoms with van der Waals surface area (Å²) in [5, 5.41) is 15.8. The van der Waals surface area contributed by atoms with Crippen LogP contribution in [0.2, 0.25) is 5.02 Å². The standard InChI is InChI=1S/C15H19ClFN3O/c1-4-11-14(16)12(20(3)19-11)8-15(21,5-2)13-7-6-10(17)9-18-13/h6-7,9,21H,4-5,8H2,1-3H3. The molecule has 1 unspecified atom stereocenters. The highest BCUT2D eigenvalue weighted by atomic mass is 35.5. The first kappa shape index (κ1) is 15.9. The van der Waals surface area contributed by atoms with Crippen LogP contribution in [-0.4, -0.2) is 19.9 Å². The molecular formula is C15H19ClFN3O. The zero-order valence-electron chi connectivity index (χ0n) is 12.4. The lowest BCUT2D eigenvalue weighted by molar-refractivity contribution is 0.0264. The smallest absolute Gasteiger partial charge is 0.141 e. The molecule has 2 heterocycles. The van der Waals surface area contributed by atoms with Gasteiger partial charge in [-0.15, -0.1) is 0 Å². The predicted molar refractivity (Wildman–Crippen MR) is 79.7 cm³/mol. The van der Waals surface area contributed by atoms with E-state index in [1.54, 1.807) is 11.7 Å². The van der Waals surface area contributed by atoms with Crippen LogP contribution in [0.15, 0.2) is 18.3 Å². The van der Waals surface area contributed by atoms with Crippen molar-refractivity contribution in [1.82, 2.24) is 14.8 Å². The van der Waals surface area contributed by atoms with Crippen LogP contribution in [0.5, 0.6) is 0 Å². The number of nitrogens with zero attached hydrogens (tertiary/aromatic N) is 3. The lowest BCUT2D eigenvalue weighted by Gasteiger charge is -2.26. The molecule has 6 heteroatoms. The van der Waals surface area contributed by atoms with Crippen molar-refractivity contribution in [2.75, 3.05) is 0 Å². The number of pyridine rings is 1. The number of aliphatic hydroxyl groups is 1. The highest BCUT2D eigenvalue weighted by Gasteiger charge is 2.32. The zero-order chi connectivity index (χ0) is 15.6. The van der Waals surface area contributed by atoms with E-state index in [2.05, 4.69) is 10.1 Å². The Labute approximate surface area is 128 Å². The summed E-state index contributed by atoms with van der Waals surface area (Å²) < 4.78 is 14.7. The average Bonchev–Trinajstić information content (AvgIpc) is 2.75. The number of rotatable bonds is 5. The number of halogens is 2.